The minimum Gasteiger partial charge on any atom is -0.496 e. The topological polar surface area (TPSA) is 63.2 Å². The van der Waals surface area contributed by atoms with E-state index in [1.54, 1.807) is 13.3 Å². The van der Waals surface area contributed by atoms with Gasteiger partial charge in [-0.25, -0.2) is 4.98 Å². The third-order valence-corrected chi connectivity index (χ3v) is 5.49. The highest BCUT2D eigenvalue weighted by atomic mass is 28.3. The Morgan fingerprint density at radius 3 is 2.61 bits per heavy atom. The molecule has 1 amide bonds. The number of aromatic nitrogens is 1. The van der Waals surface area contributed by atoms with Crippen LogP contribution in [-0.4, -0.2) is 32.2 Å². The molecule has 0 atom stereocenters. The fraction of sp³-hybridized carbons (Fsp3) is 0.273. The molecule has 1 heterocycles. The van der Waals surface area contributed by atoms with Crippen molar-refractivity contribution >= 4 is 31.1 Å². The van der Waals surface area contributed by atoms with Crippen LogP contribution in [0.3, 0.4) is 0 Å². The lowest BCUT2D eigenvalue weighted by atomic mass is 9.97. The molecule has 2 aromatic rings. The molecule has 0 spiro atoms. The van der Waals surface area contributed by atoms with Crippen molar-refractivity contribution in [3.05, 3.63) is 66.4 Å². The van der Waals surface area contributed by atoms with Crippen LogP contribution in [-0.2, 0) is 4.79 Å². The van der Waals surface area contributed by atoms with Gasteiger partial charge >= 0.3 is 0 Å². The number of rotatable bonds is 8. The molecule has 2 N–H and O–H groups in total. The number of carbonyl (C=O) groups excluding carboxylic acids is 1. The first kappa shape index (κ1) is 21.4. The third-order valence-electron chi connectivity index (χ3n) is 4.25. The van der Waals surface area contributed by atoms with Crippen LogP contribution in [0.25, 0.3) is 5.57 Å². The molecule has 0 saturated heterocycles. The van der Waals surface area contributed by atoms with Gasteiger partial charge in [-0.05, 0) is 41.8 Å². The number of nitrogens with one attached hydrogen (secondary N) is 2. The highest BCUT2D eigenvalue weighted by Crippen LogP contribution is 2.36. The van der Waals surface area contributed by atoms with Gasteiger partial charge in [0, 0.05) is 18.1 Å². The third kappa shape index (κ3) is 5.33. The largest absolute Gasteiger partial charge is 0.496 e. The number of hydrogen-bond acceptors (Lipinski definition) is 4. The molecule has 5 nitrogen and oxygen atoms in total. The molecule has 1 aromatic heterocycles. The Labute approximate surface area is 168 Å². The van der Waals surface area contributed by atoms with E-state index < -0.39 is 8.07 Å². The summed E-state index contributed by atoms with van der Waals surface area (Å²) in [6.45, 7) is 16.6. The molecular formula is C22H29N3O2Si. The van der Waals surface area contributed by atoms with Crippen molar-refractivity contribution < 1.29 is 9.53 Å². The predicted molar refractivity (Wildman–Crippen MR) is 121 cm³/mol. The molecule has 0 aliphatic carbocycles. The minimum absolute atomic E-state index is 0.248. The van der Waals surface area contributed by atoms with Crippen LogP contribution in [0, 0.1) is 6.92 Å². The van der Waals surface area contributed by atoms with E-state index in [4.69, 9.17) is 4.74 Å². The summed E-state index contributed by atoms with van der Waals surface area (Å²) in [6.07, 6.45) is 3.87. The van der Waals surface area contributed by atoms with Crippen molar-refractivity contribution in [1.82, 2.24) is 4.98 Å². The standard InChI is InChI=1S/C22H29N3O2Si/c1-8-20(26)25-18-13-17(10-9-15(18)2)16(3)21-19(27-4)11-12-23-22(21)24-14-28(5,6)7/h8-13H,1,3,14H2,2,4-7H3,(H,23,24)(H,25,26). The Kier molecular flexibility index (Phi) is 6.80. The summed E-state index contributed by atoms with van der Waals surface area (Å²) in [7, 11) is 0.316. The highest BCUT2D eigenvalue weighted by molar-refractivity contribution is 6.76. The Morgan fingerprint density at radius 1 is 1.29 bits per heavy atom. The van der Waals surface area contributed by atoms with E-state index in [1.807, 2.05) is 31.2 Å². The smallest absolute Gasteiger partial charge is 0.247 e. The maximum absolute atomic E-state index is 11.7. The van der Waals surface area contributed by atoms with Crippen LogP contribution < -0.4 is 15.4 Å². The van der Waals surface area contributed by atoms with Crippen molar-refractivity contribution in [2.24, 2.45) is 0 Å². The molecule has 28 heavy (non-hydrogen) atoms. The first-order valence-corrected chi connectivity index (χ1v) is 12.9. The second kappa shape index (κ2) is 8.88. The fourth-order valence-corrected chi connectivity index (χ4v) is 3.36. The van der Waals surface area contributed by atoms with Crippen molar-refractivity contribution in [2.45, 2.75) is 26.6 Å². The first-order chi connectivity index (χ1) is 13.2. The quantitative estimate of drug-likeness (QED) is 0.494. The Balaban J connectivity index is 2.46. The molecule has 0 radical (unpaired) electrons. The van der Waals surface area contributed by atoms with Crippen molar-refractivity contribution in [1.29, 1.82) is 0 Å². The van der Waals surface area contributed by atoms with Crippen LogP contribution in [0.5, 0.6) is 5.75 Å². The SMILES string of the molecule is C=CC(=O)Nc1cc(C(=C)c2c(OC)ccnc2NC[Si](C)(C)C)ccc1C. The van der Waals surface area contributed by atoms with Gasteiger partial charge in [0.05, 0.1) is 20.7 Å². The van der Waals surface area contributed by atoms with Gasteiger partial charge in [-0.2, -0.15) is 0 Å². The van der Waals surface area contributed by atoms with Gasteiger partial charge in [-0.1, -0.05) is 44.9 Å². The van der Waals surface area contributed by atoms with Crippen LogP contribution in [0.15, 0.2) is 49.7 Å². The van der Waals surface area contributed by atoms with E-state index in [9.17, 15) is 4.79 Å². The van der Waals surface area contributed by atoms with E-state index in [1.165, 1.54) is 6.08 Å². The first-order valence-electron chi connectivity index (χ1n) is 9.17. The number of nitrogens with zero attached hydrogens (tertiary/aromatic N) is 1. The van der Waals surface area contributed by atoms with Gasteiger partial charge in [0.15, 0.2) is 0 Å². The fourth-order valence-electron chi connectivity index (χ4n) is 2.66. The summed E-state index contributed by atoms with van der Waals surface area (Å²) in [6, 6.07) is 7.68. The van der Waals surface area contributed by atoms with Crippen LogP contribution in [0.4, 0.5) is 11.5 Å². The number of benzene rings is 1. The molecule has 0 bridgehead atoms. The van der Waals surface area contributed by atoms with E-state index in [-0.39, 0.29) is 5.91 Å². The lowest BCUT2D eigenvalue weighted by molar-refractivity contribution is -0.111. The maximum Gasteiger partial charge on any atom is 0.247 e. The predicted octanol–water partition coefficient (Wildman–Crippen LogP) is 4.87. The van der Waals surface area contributed by atoms with Crippen molar-refractivity contribution in [3.63, 3.8) is 0 Å². The lowest BCUT2D eigenvalue weighted by Gasteiger charge is -2.21. The Morgan fingerprint density at radius 2 is 2.00 bits per heavy atom. The number of carbonyl (C=O) groups is 1. The van der Waals surface area contributed by atoms with E-state index in [0.29, 0.717) is 5.75 Å². The van der Waals surface area contributed by atoms with Gasteiger partial charge in [0.2, 0.25) is 5.91 Å². The summed E-state index contributed by atoms with van der Waals surface area (Å²) < 4.78 is 5.58. The summed E-state index contributed by atoms with van der Waals surface area (Å²) in [5.41, 5.74) is 4.17. The molecule has 6 heteroatoms. The molecule has 0 fully saturated rings. The van der Waals surface area contributed by atoms with Gasteiger partial charge in [-0.3, -0.25) is 4.79 Å². The summed E-state index contributed by atoms with van der Waals surface area (Å²) in [4.78, 5) is 16.3. The average molecular weight is 396 g/mol. The van der Waals surface area contributed by atoms with Crippen LogP contribution in [0.2, 0.25) is 19.6 Å². The minimum atomic E-state index is -1.32. The van der Waals surface area contributed by atoms with Crippen molar-refractivity contribution in [2.75, 3.05) is 23.9 Å². The number of anilines is 2. The summed E-state index contributed by atoms with van der Waals surface area (Å²) in [5.74, 6) is 1.21. The molecule has 148 valence electrons. The zero-order chi connectivity index (χ0) is 20.9. The number of pyridine rings is 1. The van der Waals surface area contributed by atoms with E-state index >= 15 is 0 Å². The summed E-state index contributed by atoms with van der Waals surface area (Å²) in [5, 5.41) is 6.31. The van der Waals surface area contributed by atoms with Gasteiger partial charge in [-0.15, -0.1) is 0 Å². The number of amides is 1. The van der Waals surface area contributed by atoms with Gasteiger partial charge in [0.25, 0.3) is 0 Å². The molecule has 0 aliphatic heterocycles. The second-order valence-electron chi connectivity index (χ2n) is 7.85. The molecule has 0 unspecified atom stereocenters. The van der Waals surface area contributed by atoms with Crippen molar-refractivity contribution in [3.8, 4) is 5.75 Å². The molecule has 1 aromatic carbocycles. The molecule has 0 saturated carbocycles. The van der Waals surface area contributed by atoms with Crippen LogP contribution in [0.1, 0.15) is 16.7 Å². The normalized spacial score (nSPS) is 10.9. The zero-order valence-corrected chi connectivity index (χ0v) is 18.3. The number of methoxy groups -OCH3 is 1. The number of hydrogen-bond donors (Lipinski definition) is 2. The number of ether oxygens (including phenoxy) is 1. The maximum atomic E-state index is 11.7. The molecule has 0 aliphatic rings. The highest BCUT2D eigenvalue weighted by Gasteiger charge is 2.19. The van der Waals surface area contributed by atoms with E-state index in [0.717, 1.165) is 39.9 Å². The van der Waals surface area contributed by atoms with Gasteiger partial charge < -0.3 is 15.4 Å². The Hall–Kier alpha value is -2.86. The van der Waals surface area contributed by atoms with Gasteiger partial charge in [0.1, 0.15) is 11.6 Å². The number of aryl methyl sites for hydroxylation is 1. The zero-order valence-electron chi connectivity index (χ0n) is 17.3. The monoisotopic (exact) mass is 395 g/mol. The average Bonchev–Trinajstić information content (AvgIpc) is 2.66. The molecular weight excluding hydrogens is 366 g/mol. The second-order valence-corrected chi connectivity index (χ2v) is 13.3. The molecule has 2 rings (SSSR count). The van der Waals surface area contributed by atoms with E-state index in [2.05, 4.69) is 48.4 Å². The Bertz CT molecular complexity index is 901. The van der Waals surface area contributed by atoms with Crippen LogP contribution >= 0.6 is 0 Å². The summed E-state index contributed by atoms with van der Waals surface area (Å²) >= 11 is 0. The lowest BCUT2D eigenvalue weighted by Crippen LogP contribution is -2.32.